The van der Waals surface area contributed by atoms with E-state index in [9.17, 15) is 8.42 Å². The number of rotatable bonds is 3. The van der Waals surface area contributed by atoms with Crippen LogP contribution in [0.1, 0.15) is 5.56 Å². The third-order valence-electron chi connectivity index (χ3n) is 2.67. The highest BCUT2D eigenvalue weighted by Gasteiger charge is 2.17. The fourth-order valence-corrected chi connectivity index (χ4v) is 3.47. The molecule has 0 spiro atoms. The maximum atomic E-state index is 12.3. The molecule has 0 saturated carbocycles. The van der Waals surface area contributed by atoms with Crippen molar-refractivity contribution in [3.63, 3.8) is 0 Å². The van der Waals surface area contributed by atoms with E-state index in [4.69, 9.17) is 5.73 Å². The molecule has 2 rings (SSSR count). The highest BCUT2D eigenvalue weighted by Crippen LogP contribution is 2.26. The van der Waals surface area contributed by atoms with Crippen LogP contribution in [0.15, 0.2) is 50.2 Å². The molecule has 0 aliphatic carbocycles. The highest BCUT2D eigenvalue weighted by molar-refractivity contribution is 9.10. The SMILES string of the molecule is Cc1cc(NS(=O)(=O)c2ccc(Br)cc2N)ccc1Br. The zero-order chi connectivity index (χ0) is 14.9. The molecule has 0 heterocycles. The number of halogens is 2. The number of hydrogen-bond donors (Lipinski definition) is 2. The van der Waals surface area contributed by atoms with Crippen LogP contribution in [0.5, 0.6) is 0 Å². The molecule has 0 bridgehead atoms. The lowest BCUT2D eigenvalue weighted by Crippen LogP contribution is -2.14. The van der Waals surface area contributed by atoms with Crippen LogP contribution >= 0.6 is 31.9 Å². The standard InChI is InChI=1S/C13H12Br2N2O2S/c1-8-6-10(3-4-11(8)15)17-20(18,19)13-5-2-9(14)7-12(13)16/h2-7,17H,16H2,1H3. The molecule has 0 aliphatic rings. The van der Waals surface area contributed by atoms with Crippen LogP contribution < -0.4 is 10.5 Å². The van der Waals surface area contributed by atoms with Gasteiger partial charge in [-0.05, 0) is 48.9 Å². The molecule has 0 unspecified atom stereocenters. The minimum atomic E-state index is -3.70. The number of nitrogens with two attached hydrogens (primary N) is 1. The molecular formula is C13H12Br2N2O2S. The normalized spacial score (nSPS) is 11.3. The first-order chi connectivity index (χ1) is 9.29. The van der Waals surface area contributed by atoms with Crippen LogP contribution in [0.2, 0.25) is 0 Å². The van der Waals surface area contributed by atoms with E-state index in [0.717, 1.165) is 14.5 Å². The first-order valence-electron chi connectivity index (χ1n) is 5.63. The summed E-state index contributed by atoms with van der Waals surface area (Å²) in [7, 11) is -3.70. The quantitative estimate of drug-likeness (QED) is 0.741. The van der Waals surface area contributed by atoms with Gasteiger partial charge >= 0.3 is 0 Å². The van der Waals surface area contributed by atoms with Crippen LogP contribution in [-0.4, -0.2) is 8.42 Å². The number of anilines is 2. The van der Waals surface area contributed by atoms with E-state index in [0.29, 0.717) is 5.69 Å². The van der Waals surface area contributed by atoms with Gasteiger partial charge in [0, 0.05) is 14.6 Å². The van der Waals surface area contributed by atoms with Gasteiger partial charge in [-0.3, -0.25) is 4.72 Å². The molecule has 0 radical (unpaired) electrons. The third-order valence-corrected chi connectivity index (χ3v) is 5.51. The van der Waals surface area contributed by atoms with Gasteiger partial charge in [0.05, 0.1) is 5.69 Å². The lowest BCUT2D eigenvalue weighted by molar-refractivity contribution is 0.601. The number of nitrogen functional groups attached to an aromatic ring is 1. The number of sulfonamides is 1. The fraction of sp³-hybridized carbons (Fsp3) is 0.0769. The Labute approximate surface area is 134 Å². The van der Waals surface area contributed by atoms with Gasteiger partial charge in [0.25, 0.3) is 10.0 Å². The molecule has 0 atom stereocenters. The van der Waals surface area contributed by atoms with E-state index in [-0.39, 0.29) is 10.6 Å². The molecule has 2 aromatic rings. The number of benzene rings is 2. The number of hydrogen-bond acceptors (Lipinski definition) is 3. The molecule has 4 nitrogen and oxygen atoms in total. The van der Waals surface area contributed by atoms with Crippen LogP contribution in [0.4, 0.5) is 11.4 Å². The molecule has 0 fully saturated rings. The summed E-state index contributed by atoms with van der Waals surface area (Å²) in [6.45, 7) is 1.88. The molecule has 20 heavy (non-hydrogen) atoms. The van der Waals surface area contributed by atoms with Gasteiger partial charge in [-0.2, -0.15) is 0 Å². The largest absolute Gasteiger partial charge is 0.398 e. The highest BCUT2D eigenvalue weighted by atomic mass is 79.9. The molecular weight excluding hydrogens is 408 g/mol. The van der Waals surface area contributed by atoms with Gasteiger partial charge in [0.1, 0.15) is 4.90 Å². The predicted octanol–water partition coefficient (Wildman–Crippen LogP) is 3.90. The Kier molecular flexibility index (Phi) is 4.41. The summed E-state index contributed by atoms with van der Waals surface area (Å²) in [5.41, 5.74) is 7.39. The summed E-state index contributed by atoms with van der Waals surface area (Å²) in [5, 5.41) is 0. The summed E-state index contributed by atoms with van der Waals surface area (Å²) in [5.74, 6) is 0. The smallest absolute Gasteiger partial charge is 0.263 e. The van der Waals surface area contributed by atoms with Gasteiger partial charge in [0.2, 0.25) is 0 Å². The van der Waals surface area contributed by atoms with Crippen molar-refractivity contribution >= 4 is 53.3 Å². The van der Waals surface area contributed by atoms with Crippen molar-refractivity contribution in [3.05, 3.63) is 50.9 Å². The van der Waals surface area contributed by atoms with E-state index in [2.05, 4.69) is 36.6 Å². The van der Waals surface area contributed by atoms with Gasteiger partial charge in [-0.25, -0.2) is 8.42 Å². The van der Waals surface area contributed by atoms with Crippen molar-refractivity contribution in [2.24, 2.45) is 0 Å². The zero-order valence-corrected chi connectivity index (χ0v) is 14.5. The van der Waals surface area contributed by atoms with E-state index in [1.165, 1.54) is 6.07 Å². The van der Waals surface area contributed by atoms with E-state index in [1.807, 2.05) is 6.92 Å². The maximum absolute atomic E-state index is 12.3. The van der Waals surface area contributed by atoms with Crippen LogP contribution in [0.25, 0.3) is 0 Å². The summed E-state index contributed by atoms with van der Waals surface area (Å²) >= 11 is 6.62. The average molecular weight is 420 g/mol. The summed E-state index contributed by atoms with van der Waals surface area (Å²) in [6.07, 6.45) is 0. The van der Waals surface area contributed by atoms with Gasteiger partial charge in [-0.15, -0.1) is 0 Å². The Morgan fingerprint density at radius 3 is 2.40 bits per heavy atom. The monoisotopic (exact) mass is 418 g/mol. The predicted molar refractivity (Wildman–Crippen MR) is 88.2 cm³/mol. The Morgan fingerprint density at radius 2 is 1.80 bits per heavy atom. The molecule has 0 aliphatic heterocycles. The van der Waals surface area contributed by atoms with Gasteiger partial charge in [0.15, 0.2) is 0 Å². The minimum absolute atomic E-state index is 0.0567. The first kappa shape index (κ1) is 15.3. The van der Waals surface area contributed by atoms with E-state index < -0.39 is 10.0 Å². The van der Waals surface area contributed by atoms with Gasteiger partial charge in [-0.1, -0.05) is 31.9 Å². The van der Waals surface area contributed by atoms with Crippen LogP contribution in [0, 0.1) is 6.92 Å². The van der Waals surface area contributed by atoms with Crippen LogP contribution in [-0.2, 0) is 10.0 Å². The van der Waals surface area contributed by atoms with E-state index >= 15 is 0 Å². The fourth-order valence-electron chi connectivity index (χ4n) is 1.68. The topological polar surface area (TPSA) is 72.2 Å². The zero-order valence-electron chi connectivity index (χ0n) is 10.5. The minimum Gasteiger partial charge on any atom is -0.398 e. The Morgan fingerprint density at radius 1 is 1.10 bits per heavy atom. The van der Waals surface area contributed by atoms with Crippen molar-refractivity contribution in [2.45, 2.75) is 11.8 Å². The molecule has 0 aromatic heterocycles. The van der Waals surface area contributed by atoms with Gasteiger partial charge < -0.3 is 5.73 Å². The maximum Gasteiger partial charge on any atom is 0.263 e. The molecule has 0 amide bonds. The Hall–Kier alpha value is -1.05. The number of aryl methyl sites for hydroxylation is 1. The molecule has 2 aromatic carbocycles. The molecule has 7 heteroatoms. The van der Waals surface area contributed by atoms with Crippen molar-refractivity contribution in [2.75, 3.05) is 10.5 Å². The first-order valence-corrected chi connectivity index (χ1v) is 8.70. The van der Waals surface area contributed by atoms with E-state index in [1.54, 1.807) is 30.3 Å². The number of nitrogens with one attached hydrogen (secondary N) is 1. The third kappa shape index (κ3) is 3.34. The summed E-state index contributed by atoms with van der Waals surface area (Å²) in [6, 6.07) is 9.88. The lowest BCUT2D eigenvalue weighted by Gasteiger charge is -2.11. The second-order valence-electron chi connectivity index (χ2n) is 4.25. The summed E-state index contributed by atoms with van der Waals surface area (Å²) < 4.78 is 28.8. The second kappa shape index (κ2) is 5.75. The summed E-state index contributed by atoms with van der Waals surface area (Å²) in [4.78, 5) is 0.0567. The Balaban J connectivity index is 2.38. The lowest BCUT2D eigenvalue weighted by atomic mass is 10.2. The van der Waals surface area contributed by atoms with Crippen molar-refractivity contribution in [3.8, 4) is 0 Å². The molecule has 0 saturated heterocycles. The van der Waals surface area contributed by atoms with Crippen molar-refractivity contribution in [1.82, 2.24) is 0 Å². The molecule has 3 N–H and O–H groups in total. The molecule has 106 valence electrons. The Bertz CT molecular complexity index is 761. The van der Waals surface area contributed by atoms with Crippen LogP contribution in [0.3, 0.4) is 0 Å². The van der Waals surface area contributed by atoms with Crippen molar-refractivity contribution in [1.29, 1.82) is 0 Å². The average Bonchev–Trinajstić information content (AvgIpc) is 2.33. The second-order valence-corrected chi connectivity index (χ2v) is 7.67. The van der Waals surface area contributed by atoms with Crippen molar-refractivity contribution < 1.29 is 8.42 Å².